The van der Waals surface area contributed by atoms with Crippen molar-refractivity contribution in [1.82, 2.24) is 29.2 Å². The second-order valence-electron chi connectivity index (χ2n) is 12.5. The smallest absolute Gasteiger partial charge is 0.401 e. The molecule has 4 heterocycles. The number of nitrogens with one attached hydrogen (secondary N) is 1. The molecule has 1 spiro atoms. The summed E-state index contributed by atoms with van der Waals surface area (Å²) in [5.41, 5.74) is 4.58. The zero-order valence-electron chi connectivity index (χ0n) is 26.4. The highest BCUT2D eigenvalue weighted by Crippen LogP contribution is 2.55. The van der Waals surface area contributed by atoms with Crippen molar-refractivity contribution >= 4 is 17.5 Å². The normalized spacial score (nSPS) is 18.7. The molecule has 10 nitrogen and oxygen atoms in total. The zero-order chi connectivity index (χ0) is 32.6. The van der Waals surface area contributed by atoms with Crippen LogP contribution in [-0.4, -0.2) is 94.2 Å². The molecule has 244 valence electrons. The number of piperazine rings is 1. The van der Waals surface area contributed by atoms with E-state index in [1.54, 1.807) is 12.3 Å². The van der Waals surface area contributed by atoms with Crippen molar-refractivity contribution in [3.05, 3.63) is 76.2 Å². The molecule has 1 atom stereocenters. The van der Waals surface area contributed by atoms with E-state index in [1.807, 2.05) is 42.6 Å². The van der Waals surface area contributed by atoms with Gasteiger partial charge in [-0.15, -0.1) is 0 Å². The maximum atomic E-state index is 14.4. The molecule has 2 fully saturated rings. The Hall–Kier alpha value is -4.15. The lowest BCUT2D eigenvalue weighted by molar-refractivity contribution is -0.149. The third-order valence-corrected chi connectivity index (χ3v) is 9.36. The number of alkyl halides is 3. The van der Waals surface area contributed by atoms with E-state index >= 15 is 0 Å². The summed E-state index contributed by atoms with van der Waals surface area (Å²) in [6.45, 7) is 14.2. The molecule has 3 aliphatic rings. The van der Waals surface area contributed by atoms with E-state index in [2.05, 4.69) is 31.1 Å². The Morgan fingerprint density at radius 2 is 1.85 bits per heavy atom. The van der Waals surface area contributed by atoms with Gasteiger partial charge >= 0.3 is 6.18 Å². The molecule has 0 bridgehead atoms. The van der Waals surface area contributed by atoms with Gasteiger partial charge in [-0.2, -0.15) is 13.2 Å². The van der Waals surface area contributed by atoms with Gasteiger partial charge in [0.2, 0.25) is 11.6 Å². The lowest BCUT2D eigenvalue weighted by Crippen LogP contribution is -2.49. The average Bonchev–Trinajstić information content (AvgIpc) is 3.65. The molecule has 1 saturated carbocycles. The summed E-state index contributed by atoms with van der Waals surface area (Å²) < 4.78 is 46.7. The topological polar surface area (TPSA) is 83.1 Å². The summed E-state index contributed by atoms with van der Waals surface area (Å²) in [6, 6.07) is 5.59. The van der Waals surface area contributed by atoms with E-state index in [0.29, 0.717) is 81.1 Å². The fourth-order valence-electron chi connectivity index (χ4n) is 6.93. The molecule has 1 N–H and O–H groups in total. The number of imidazole rings is 1. The zero-order valence-corrected chi connectivity index (χ0v) is 26.4. The largest absolute Gasteiger partial charge is 0.505 e. The lowest BCUT2D eigenvalue weighted by Gasteiger charge is -2.41. The Labute approximate surface area is 267 Å². The van der Waals surface area contributed by atoms with Gasteiger partial charge < -0.3 is 19.5 Å². The summed E-state index contributed by atoms with van der Waals surface area (Å²) in [7, 11) is 1.81. The van der Waals surface area contributed by atoms with Crippen LogP contribution in [0.1, 0.15) is 65.5 Å². The molecule has 46 heavy (non-hydrogen) atoms. The highest BCUT2D eigenvalue weighted by Gasteiger charge is 2.53. The minimum Gasteiger partial charge on any atom is -0.505 e. The molecule has 2 aromatic heterocycles. The number of amides is 1. The van der Waals surface area contributed by atoms with E-state index in [9.17, 15) is 18.0 Å². The number of anilines is 1. The molecule has 0 unspecified atom stereocenters. The average molecular weight is 637 g/mol. The van der Waals surface area contributed by atoms with Crippen LogP contribution < -0.4 is 10.1 Å². The second-order valence-corrected chi connectivity index (χ2v) is 12.5. The van der Waals surface area contributed by atoms with Crippen LogP contribution in [0.3, 0.4) is 0 Å². The van der Waals surface area contributed by atoms with Crippen molar-refractivity contribution in [1.29, 1.82) is 0 Å². The van der Waals surface area contributed by atoms with E-state index < -0.39 is 12.7 Å². The van der Waals surface area contributed by atoms with Gasteiger partial charge in [-0.1, -0.05) is 6.07 Å². The van der Waals surface area contributed by atoms with E-state index in [0.717, 1.165) is 29.5 Å². The standard InChI is InChI=1S/C33H39F3N8O2/c1-5-46-28-16-26(40-17-27(28)37-3)22(2)44-20-32(6-7-32)29-24(19-41-10-12-42(13-11-41)21-33(34,35)36)14-23(15-25(29)30(44)45)18-43-9-8-39-31(43)38-4/h8-9,14-17,22H,5-7,10-13,18-21H2,1-2,4H3,(H,38,39)/t22-/m0/s1. The first-order valence-corrected chi connectivity index (χ1v) is 15.7. The number of fused-ring (bicyclic) bond motifs is 2. The van der Waals surface area contributed by atoms with Gasteiger partial charge in [0, 0.05) is 75.9 Å². The third kappa shape index (κ3) is 6.41. The van der Waals surface area contributed by atoms with Crippen LogP contribution in [0.25, 0.3) is 4.85 Å². The maximum absolute atomic E-state index is 14.4. The molecule has 13 heteroatoms. The number of rotatable bonds is 10. The van der Waals surface area contributed by atoms with Crippen molar-refractivity contribution < 1.29 is 22.7 Å². The number of carbonyl (C=O) groups excluding carboxylic acids is 1. The summed E-state index contributed by atoms with van der Waals surface area (Å²) in [6.07, 6.45) is 2.80. The molecule has 2 aliphatic heterocycles. The predicted octanol–water partition coefficient (Wildman–Crippen LogP) is 5.25. The van der Waals surface area contributed by atoms with Crippen LogP contribution >= 0.6 is 0 Å². The van der Waals surface area contributed by atoms with Gasteiger partial charge in [0.25, 0.3) is 5.91 Å². The van der Waals surface area contributed by atoms with E-state index in [-0.39, 0.29) is 17.4 Å². The highest BCUT2D eigenvalue weighted by atomic mass is 19.4. The number of benzene rings is 1. The minimum atomic E-state index is -4.21. The SMILES string of the molecule is [C-]#[N+]c1cnc([C@H](C)N2CC3(CC3)c3c(CN4CCN(CC(F)(F)F)CC4)cc(Cn4ccnc4NC)cc3C2=O)cc1OCC. The number of pyridine rings is 1. The molecule has 1 saturated heterocycles. The van der Waals surface area contributed by atoms with Crippen molar-refractivity contribution in [3.63, 3.8) is 0 Å². The fourth-order valence-corrected chi connectivity index (χ4v) is 6.93. The Bertz CT molecular complexity index is 1640. The first-order chi connectivity index (χ1) is 22.0. The Morgan fingerprint density at radius 1 is 1.11 bits per heavy atom. The van der Waals surface area contributed by atoms with E-state index in [1.165, 1.54) is 11.1 Å². The summed E-state index contributed by atoms with van der Waals surface area (Å²) >= 11 is 0. The van der Waals surface area contributed by atoms with Crippen molar-refractivity contribution in [3.8, 4) is 5.75 Å². The molecule has 1 aliphatic carbocycles. The van der Waals surface area contributed by atoms with Gasteiger partial charge in [-0.25, -0.2) is 9.83 Å². The monoisotopic (exact) mass is 636 g/mol. The van der Waals surface area contributed by atoms with Gasteiger partial charge in [-0.3, -0.25) is 19.6 Å². The fraction of sp³-hybridized carbons (Fsp3) is 0.515. The number of halogens is 3. The van der Waals surface area contributed by atoms with Crippen LogP contribution in [0, 0.1) is 6.57 Å². The van der Waals surface area contributed by atoms with Crippen molar-refractivity contribution in [2.24, 2.45) is 0 Å². The first-order valence-electron chi connectivity index (χ1n) is 15.7. The van der Waals surface area contributed by atoms with E-state index in [4.69, 9.17) is 11.3 Å². The van der Waals surface area contributed by atoms with Gasteiger partial charge in [0.05, 0.1) is 38.0 Å². The van der Waals surface area contributed by atoms with Gasteiger partial charge in [0.1, 0.15) is 5.75 Å². The number of aromatic nitrogens is 3. The molecule has 0 radical (unpaired) electrons. The quantitative estimate of drug-likeness (QED) is 0.305. The first kappa shape index (κ1) is 31.8. The number of ether oxygens (including phenoxy) is 1. The molecule has 3 aromatic rings. The Morgan fingerprint density at radius 3 is 2.50 bits per heavy atom. The predicted molar refractivity (Wildman–Crippen MR) is 167 cm³/mol. The summed E-state index contributed by atoms with van der Waals surface area (Å²) in [4.78, 5) is 32.4. The van der Waals surface area contributed by atoms with Crippen LogP contribution in [-0.2, 0) is 18.5 Å². The number of carbonyl (C=O) groups is 1. The number of hydrogen-bond acceptors (Lipinski definition) is 7. The summed E-state index contributed by atoms with van der Waals surface area (Å²) in [5.74, 6) is 1.09. The van der Waals surface area contributed by atoms with Crippen molar-refractivity contribution in [2.75, 3.05) is 58.2 Å². The number of hydrogen-bond donors (Lipinski definition) is 1. The molecule has 1 aromatic carbocycles. The Balaban J connectivity index is 1.34. The van der Waals surface area contributed by atoms with Crippen LogP contribution in [0.15, 0.2) is 36.8 Å². The number of nitrogens with zero attached hydrogens (tertiary/aromatic N) is 7. The molecular formula is C33H39F3N8O2. The van der Waals surface area contributed by atoms with Crippen LogP contribution in [0.2, 0.25) is 0 Å². The Kier molecular flexibility index (Phi) is 8.69. The molecule has 1 amide bonds. The van der Waals surface area contributed by atoms with Gasteiger partial charge in [-0.05, 0) is 55.5 Å². The van der Waals surface area contributed by atoms with Crippen LogP contribution in [0.5, 0.6) is 5.75 Å². The lowest BCUT2D eigenvalue weighted by atomic mass is 9.81. The minimum absolute atomic E-state index is 0.0772. The van der Waals surface area contributed by atoms with Crippen LogP contribution in [0.4, 0.5) is 24.8 Å². The van der Waals surface area contributed by atoms with Gasteiger partial charge in [0.15, 0.2) is 0 Å². The summed E-state index contributed by atoms with van der Waals surface area (Å²) in [5, 5.41) is 3.10. The molecule has 6 rings (SSSR count). The highest BCUT2D eigenvalue weighted by molar-refractivity contribution is 5.99. The van der Waals surface area contributed by atoms with Crippen molar-refractivity contribution in [2.45, 2.75) is 57.4 Å². The second kappa shape index (κ2) is 12.6. The molecular weight excluding hydrogens is 597 g/mol. The maximum Gasteiger partial charge on any atom is 0.401 e. The third-order valence-electron chi connectivity index (χ3n) is 9.36.